The molecule has 3 nitrogen and oxygen atoms in total. The first kappa shape index (κ1) is 18.0. The number of thiazole rings is 1. The highest BCUT2D eigenvalue weighted by atomic mass is 35.5. The summed E-state index contributed by atoms with van der Waals surface area (Å²) in [7, 11) is 0. The molecule has 0 aliphatic heterocycles. The number of benzene rings is 2. The monoisotopic (exact) mass is 410 g/mol. The van der Waals surface area contributed by atoms with Crippen molar-refractivity contribution >= 4 is 60.5 Å². The van der Waals surface area contributed by atoms with Crippen LogP contribution in [0.4, 0.5) is 0 Å². The molecule has 27 heavy (non-hydrogen) atoms. The largest absolute Gasteiger partial charge is 0.305 e. The van der Waals surface area contributed by atoms with Gasteiger partial charge in [-0.1, -0.05) is 53.1 Å². The molecule has 0 saturated carbocycles. The first-order chi connectivity index (χ1) is 13.0. The van der Waals surface area contributed by atoms with Crippen molar-refractivity contribution in [3.8, 4) is 12.3 Å². The van der Waals surface area contributed by atoms with Gasteiger partial charge in [-0.15, -0.1) is 17.8 Å². The second-order valence-electron chi connectivity index (χ2n) is 6.26. The minimum absolute atomic E-state index is 0.340. The van der Waals surface area contributed by atoms with E-state index in [-0.39, 0.29) is 5.91 Å². The van der Waals surface area contributed by atoms with Crippen molar-refractivity contribution in [2.45, 2.75) is 20.4 Å². The van der Waals surface area contributed by atoms with E-state index in [0.29, 0.717) is 21.2 Å². The number of aromatic nitrogens is 1. The Bertz CT molecular complexity index is 1320. The lowest BCUT2D eigenvalue weighted by molar-refractivity contribution is 0.100. The Morgan fingerprint density at radius 2 is 2.04 bits per heavy atom. The van der Waals surface area contributed by atoms with Crippen LogP contribution in [0.3, 0.4) is 0 Å². The zero-order valence-corrected chi connectivity index (χ0v) is 17.1. The molecule has 0 atom stereocenters. The van der Waals surface area contributed by atoms with Gasteiger partial charge in [0.25, 0.3) is 5.91 Å². The number of nitrogens with zero attached hydrogens (tertiary/aromatic N) is 2. The Balaban J connectivity index is 1.92. The maximum Gasteiger partial charge on any atom is 0.291 e. The summed E-state index contributed by atoms with van der Waals surface area (Å²) in [5, 5.41) is 1.34. The van der Waals surface area contributed by atoms with Crippen LogP contribution >= 0.6 is 34.3 Å². The van der Waals surface area contributed by atoms with Gasteiger partial charge in [-0.2, -0.15) is 4.99 Å². The van der Waals surface area contributed by atoms with E-state index in [0.717, 1.165) is 31.4 Å². The van der Waals surface area contributed by atoms with Crippen molar-refractivity contribution in [3.63, 3.8) is 0 Å². The van der Waals surface area contributed by atoms with Gasteiger partial charge in [0.2, 0.25) is 0 Å². The molecule has 134 valence electrons. The van der Waals surface area contributed by atoms with Crippen molar-refractivity contribution in [2.75, 3.05) is 0 Å². The van der Waals surface area contributed by atoms with Crippen LogP contribution in [0.25, 0.3) is 20.3 Å². The van der Waals surface area contributed by atoms with Crippen LogP contribution in [0.1, 0.15) is 20.8 Å². The van der Waals surface area contributed by atoms with E-state index in [1.807, 2.05) is 35.8 Å². The third-order valence-corrected chi connectivity index (χ3v) is 7.18. The minimum Gasteiger partial charge on any atom is -0.305 e. The quantitative estimate of drug-likeness (QED) is 0.398. The minimum atomic E-state index is -0.340. The normalized spacial score (nSPS) is 12.0. The van der Waals surface area contributed by atoms with Crippen LogP contribution in [-0.2, 0) is 6.54 Å². The van der Waals surface area contributed by atoms with Crippen molar-refractivity contribution in [1.82, 2.24) is 4.57 Å². The van der Waals surface area contributed by atoms with Crippen LogP contribution in [-0.4, -0.2) is 10.5 Å². The molecule has 0 aliphatic rings. The number of aryl methyl sites for hydroxylation is 2. The summed E-state index contributed by atoms with van der Waals surface area (Å²) < 4.78 is 3.98. The zero-order valence-electron chi connectivity index (χ0n) is 14.7. The Kier molecular flexibility index (Phi) is 4.65. The molecule has 0 saturated heterocycles. The molecule has 2 heterocycles. The maximum atomic E-state index is 12.9. The first-order valence-electron chi connectivity index (χ1n) is 8.29. The van der Waals surface area contributed by atoms with Gasteiger partial charge >= 0.3 is 0 Å². The van der Waals surface area contributed by atoms with E-state index in [1.54, 1.807) is 0 Å². The Hall–Kier alpha value is -2.39. The Morgan fingerprint density at radius 3 is 2.78 bits per heavy atom. The summed E-state index contributed by atoms with van der Waals surface area (Å²) in [5.41, 5.74) is 3.30. The lowest BCUT2D eigenvalue weighted by Gasteiger charge is -2.02. The summed E-state index contributed by atoms with van der Waals surface area (Å²) in [6, 6.07) is 11.9. The predicted molar refractivity (Wildman–Crippen MR) is 115 cm³/mol. The molecule has 2 aromatic carbocycles. The Morgan fingerprint density at radius 1 is 1.26 bits per heavy atom. The molecule has 0 radical (unpaired) electrons. The first-order valence-corrected chi connectivity index (χ1v) is 10.3. The molecule has 4 aromatic rings. The number of terminal acetylenes is 1. The number of halogens is 1. The molecule has 0 aliphatic carbocycles. The smallest absolute Gasteiger partial charge is 0.291 e. The van der Waals surface area contributed by atoms with Crippen molar-refractivity contribution in [3.05, 3.63) is 62.2 Å². The third-order valence-electron chi connectivity index (χ3n) is 4.29. The molecule has 0 bridgehead atoms. The number of hydrogen-bond donors (Lipinski definition) is 0. The molecule has 0 unspecified atom stereocenters. The fourth-order valence-electron chi connectivity index (χ4n) is 3.13. The average molecular weight is 411 g/mol. The van der Waals surface area contributed by atoms with Crippen molar-refractivity contribution in [2.24, 2.45) is 4.99 Å². The molecular weight excluding hydrogens is 396 g/mol. The number of rotatable bonds is 2. The SMILES string of the molecule is C#CCn1c(=NC(=O)c2sc3ccccc3c2Cl)sc2c(C)cc(C)cc21. The number of carbonyl (C=O) groups excluding carboxylic acids is 1. The Labute approximate surface area is 169 Å². The lowest BCUT2D eigenvalue weighted by atomic mass is 10.1. The third kappa shape index (κ3) is 3.10. The molecule has 2 aromatic heterocycles. The molecule has 4 rings (SSSR count). The number of fused-ring (bicyclic) bond motifs is 2. The summed E-state index contributed by atoms with van der Waals surface area (Å²) in [4.78, 5) is 18.3. The van der Waals surface area contributed by atoms with E-state index in [1.165, 1.54) is 22.7 Å². The van der Waals surface area contributed by atoms with Crippen LogP contribution < -0.4 is 4.80 Å². The van der Waals surface area contributed by atoms with Crippen LogP contribution in [0.2, 0.25) is 5.02 Å². The van der Waals surface area contributed by atoms with Crippen LogP contribution in [0.5, 0.6) is 0 Å². The van der Waals surface area contributed by atoms with E-state index in [9.17, 15) is 4.79 Å². The predicted octanol–water partition coefficient (Wildman–Crippen LogP) is 5.56. The molecule has 0 N–H and O–H groups in total. The summed E-state index contributed by atoms with van der Waals surface area (Å²) in [6.45, 7) is 4.46. The fraction of sp³-hybridized carbons (Fsp3) is 0.143. The molecule has 1 amide bonds. The molecule has 0 fully saturated rings. The van der Waals surface area contributed by atoms with Gasteiger partial charge in [0.15, 0.2) is 4.80 Å². The lowest BCUT2D eigenvalue weighted by Crippen LogP contribution is -2.16. The number of thiophene rings is 1. The van der Waals surface area contributed by atoms with Crippen molar-refractivity contribution < 1.29 is 4.79 Å². The number of hydrogen-bond acceptors (Lipinski definition) is 3. The molecular formula is C21H15ClN2OS2. The topological polar surface area (TPSA) is 34.4 Å². The molecule has 6 heteroatoms. The molecule has 0 spiro atoms. The van der Waals surface area contributed by atoms with E-state index in [4.69, 9.17) is 18.0 Å². The van der Waals surface area contributed by atoms with E-state index < -0.39 is 0 Å². The van der Waals surface area contributed by atoms with Gasteiger partial charge in [-0.05, 0) is 37.1 Å². The number of carbonyl (C=O) groups is 1. The van der Waals surface area contributed by atoms with Gasteiger partial charge in [0, 0.05) is 10.1 Å². The van der Waals surface area contributed by atoms with Gasteiger partial charge < -0.3 is 4.57 Å². The average Bonchev–Trinajstić information content (AvgIpc) is 3.15. The highest BCUT2D eigenvalue weighted by Gasteiger charge is 2.17. The van der Waals surface area contributed by atoms with Gasteiger partial charge in [0.05, 0.1) is 21.8 Å². The second kappa shape index (κ2) is 6.97. The maximum absolute atomic E-state index is 12.9. The second-order valence-corrected chi connectivity index (χ2v) is 8.67. The summed E-state index contributed by atoms with van der Waals surface area (Å²) in [6.07, 6.45) is 5.56. The summed E-state index contributed by atoms with van der Waals surface area (Å²) >= 11 is 9.28. The van der Waals surface area contributed by atoms with E-state index >= 15 is 0 Å². The van der Waals surface area contributed by atoms with Crippen molar-refractivity contribution in [1.29, 1.82) is 0 Å². The van der Waals surface area contributed by atoms with Gasteiger partial charge in [-0.3, -0.25) is 4.79 Å². The van der Waals surface area contributed by atoms with Gasteiger partial charge in [-0.25, -0.2) is 0 Å². The fourth-order valence-corrected chi connectivity index (χ4v) is 5.61. The highest BCUT2D eigenvalue weighted by Crippen LogP contribution is 2.35. The van der Waals surface area contributed by atoms with Crippen LogP contribution in [0.15, 0.2) is 41.4 Å². The standard InChI is InChI=1S/C21H15ClN2OS2/c1-4-9-24-15-11-12(2)10-13(3)18(15)27-21(24)23-20(25)19-17(22)14-7-5-6-8-16(14)26-19/h1,5-8,10-11H,9H2,2-3H3. The summed E-state index contributed by atoms with van der Waals surface area (Å²) in [5.74, 6) is 2.32. The number of amides is 1. The van der Waals surface area contributed by atoms with E-state index in [2.05, 4.69) is 30.0 Å². The zero-order chi connectivity index (χ0) is 19.1. The highest BCUT2D eigenvalue weighted by molar-refractivity contribution is 7.21. The van der Waals surface area contributed by atoms with Gasteiger partial charge in [0.1, 0.15) is 4.88 Å². The van der Waals surface area contributed by atoms with Crippen LogP contribution in [0, 0.1) is 26.2 Å².